The summed E-state index contributed by atoms with van der Waals surface area (Å²) in [5.41, 5.74) is 2.01. The maximum Gasteiger partial charge on any atom is 0.328 e. The van der Waals surface area contributed by atoms with Gasteiger partial charge in [0.05, 0.1) is 6.61 Å². The number of anilines is 1. The molecule has 0 saturated heterocycles. The number of aliphatic carboxylic acids is 1. The molecular weight excluding hydrogens is 254 g/mol. The lowest BCUT2D eigenvalue weighted by molar-refractivity contribution is -0.131. The van der Waals surface area contributed by atoms with Crippen molar-refractivity contribution in [2.75, 3.05) is 25.2 Å². The monoisotopic (exact) mass is 277 g/mol. The van der Waals surface area contributed by atoms with Crippen LogP contribution in [0.25, 0.3) is 6.08 Å². The van der Waals surface area contributed by atoms with E-state index < -0.39 is 5.97 Å². The highest BCUT2D eigenvalue weighted by atomic mass is 16.5. The van der Waals surface area contributed by atoms with Gasteiger partial charge in [-0.1, -0.05) is 19.1 Å². The number of carboxylic acid groups (broad SMARTS) is 1. The van der Waals surface area contributed by atoms with Crippen molar-refractivity contribution in [2.45, 2.75) is 26.3 Å². The third-order valence-electron chi connectivity index (χ3n) is 3.30. The third kappa shape index (κ3) is 5.05. The first-order valence-electron chi connectivity index (χ1n) is 6.85. The minimum Gasteiger partial charge on any atom is -0.478 e. The highest BCUT2D eigenvalue weighted by Crippen LogP contribution is 2.19. The van der Waals surface area contributed by atoms with E-state index in [1.54, 1.807) is 13.2 Å². The van der Waals surface area contributed by atoms with E-state index in [0.717, 1.165) is 30.3 Å². The largest absolute Gasteiger partial charge is 0.478 e. The van der Waals surface area contributed by atoms with Crippen LogP contribution in [-0.4, -0.2) is 37.4 Å². The van der Waals surface area contributed by atoms with Crippen molar-refractivity contribution in [3.05, 3.63) is 35.9 Å². The molecule has 1 aromatic rings. The second-order valence-electron chi connectivity index (χ2n) is 4.71. The van der Waals surface area contributed by atoms with Crippen LogP contribution in [0.5, 0.6) is 0 Å². The molecule has 0 aliphatic carbocycles. The van der Waals surface area contributed by atoms with Crippen LogP contribution in [0.1, 0.15) is 25.8 Å². The molecular formula is C16H23NO3. The number of ether oxygens (including phenoxy) is 1. The van der Waals surface area contributed by atoms with Gasteiger partial charge < -0.3 is 14.7 Å². The zero-order valence-corrected chi connectivity index (χ0v) is 12.4. The summed E-state index contributed by atoms with van der Waals surface area (Å²) >= 11 is 0. The molecule has 0 spiro atoms. The summed E-state index contributed by atoms with van der Waals surface area (Å²) in [5, 5.41) is 8.61. The number of methoxy groups -OCH3 is 1. The molecule has 110 valence electrons. The fourth-order valence-electron chi connectivity index (χ4n) is 1.96. The second kappa shape index (κ2) is 8.38. The van der Waals surface area contributed by atoms with Crippen molar-refractivity contribution >= 4 is 17.7 Å². The molecule has 1 unspecified atom stereocenters. The molecule has 0 heterocycles. The van der Waals surface area contributed by atoms with E-state index in [-0.39, 0.29) is 0 Å². The van der Waals surface area contributed by atoms with Crippen LogP contribution >= 0.6 is 0 Å². The highest BCUT2D eigenvalue weighted by Gasteiger charge is 2.12. The Morgan fingerprint density at radius 2 is 2.05 bits per heavy atom. The fraction of sp³-hybridized carbons (Fsp3) is 0.438. The van der Waals surface area contributed by atoms with Gasteiger partial charge in [-0.2, -0.15) is 0 Å². The van der Waals surface area contributed by atoms with Gasteiger partial charge in [0.1, 0.15) is 0 Å². The number of rotatable bonds is 8. The molecule has 0 fully saturated rings. The van der Waals surface area contributed by atoms with Gasteiger partial charge in [-0.25, -0.2) is 4.79 Å². The number of nitrogens with zero attached hydrogens (tertiary/aromatic N) is 1. The Hall–Kier alpha value is -1.81. The maximum absolute atomic E-state index is 10.5. The van der Waals surface area contributed by atoms with Crippen molar-refractivity contribution in [1.82, 2.24) is 0 Å². The number of carboxylic acids is 1. The van der Waals surface area contributed by atoms with Gasteiger partial charge in [-0.15, -0.1) is 0 Å². The molecule has 1 rings (SSSR count). The molecule has 1 aromatic carbocycles. The average Bonchev–Trinajstić information content (AvgIpc) is 2.46. The maximum atomic E-state index is 10.5. The lowest BCUT2D eigenvalue weighted by atomic mass is 10.1. The predicted molar refractivity (Wildman–Crippen MR) is 82.1 cm³/mol. The number of hydrogen-bond acceptors (Lipinski definition) is 3. The zero-order valence-electron chi connectivity index (χ0n) is 12.4. The van der Waals surface area contributed by atoms with E-state index >= 15 is 0 Å². The van der Waals surface area contributed by atoms with Crippen LogP contribution in [-0.2, 0) is 9.53 Å². The Bertz CT molecular complexity index is 440. The van der Waals surface area contributed by atoms with E-state index in [9.17, 15) is 4.79 Å². The lowest BCUT2D eigenvalue weighted by Crippen LogP contribution is -2.35. The lowest BCUT2D eigenvalue weighted by Gasteiger charge is -2.30. The van der Waals surface area contributed by atoms with Gasteiger partial charge in [-0.3, -0.25) is 0 Å². The quantitative estimate of drug-likeness (QED) is 0.742. The standard InChI is InChI=1S/C16H23NO3/c1-4-13(2)17(11-12-20-3)15-8-5-14(6-9-15)7-10-16(18)19/h5-10,13H,4,11-12H2,1-3H3,(H,18,19). The smallest absolute Gasteiger partial charge is 0.328 e. The summed E-state index contributed by atoms with van der Waals surface area (Å²) in [4.78, 5) is 12.8. The summed E-state index contributed by atoms with van der Waals surface area (Å²) in [7, 11) is 1.70. The van der Waals surface area contributed by atoms with Crippen LogP contribution in [0.4, 0.5) is 5.69 Å². The summed E-state index contributed by atoms with van der Waals surface area (Å²) in [6.07, 6.45) is 3.80. The number of benzene rings is 1. The SMILES string of the molecule is CCC(C)N(CCOC)c1ccc(C=CC(=O)O)cc1. The van der Waals surface area contributed by atoms with Gasteiger partial charge in [-0.05, 0) is 37.1 Å². The molecule has 0 aliphatic rings. The first-order chi connectivity index (χ1) is 9.58. The molecule has 0 aromatic heterocycles. The Balaban J connectivity index is 2.84. The molecule has 0 bridgehead atoms. The van der Waals surface area contributed by atoms with Crippen LogP contribution in [0, 0.1) is 0 Å². The van der Waals surface area contributed by atoms with E-state index in [2.05, 4.69) is 18.7 Å². The summed E-state index contributed by atoms with van der Waals surface area (Å²) < 4.78 is 5.16. The fourth-order valence-corrected chi connectivity index (χ4v) is 1.96. The highest BCUT2D eigenvalue weighted by molar-refractivity contribution is 5.85. The molecule has 0 saturated carbocycles. The zero-order chi connectivity index (χ0) is 15.0. The second-order valence-corrected chi connectivity index (χ2v) is 4.71. The van der Waals surface area contributed by atoms with Crippen LogP contribution in [0.2, 0.25) is 0 Å². The first kappa shape index (κ1) is 16.2. The van der Waals surface area contributed by atoms with E-state index in [4.69, 9.17) is 9.84 Å². The summed E-state index contributed by atoms with van der Waals surface area (Å²) in [6, 6.07) is 8.33. The van der Waals surface area contributed by atoms with Crippen molar-refractivity contribution in [3.63, 3.8) is 0 Å². The topological polar surface area (TPSA) is 49.8 Å². The Morgan fingerprint density at radius 3 is 2.55 bits per heavy atom. The molecule has 0 aliphatic heterocycles. The predicted octanol–water partition coefficient (Wildman–Crippen LogP) is 3.04. The minimum atomic E-state index is -0.935. The van der Waals surface area contributed by atoms with E-state index in [1.165, 1.54) is 0 Å². The van der Waals surface area contributed by atoms with Crippen LogP contribution in [0.15, 0.2) is 30.3 Å². The average molecular weight is 277 g/mol. The van der Waals surface area contributed by atoms with Gasteiger partial charge in [0.25, 0.3) is 0 Å². The molecule has 4 heteroatoms. The van der Waals surface area contributed by atoms with Crippen molar-refractivity contribution in [3.8, 4) is 0 Å². The number of hydrogen-bond donors (Lipinski definition) is 1. The van der Waals surface area contributed by atoms with Gasteiger partial charge in [0.2, 0.25) is 0 Å². The molecule has 1 N–H and O–H groups in total. The molecule has 0 radical (unpaired) electrons. The summed E-state index contributed by atoms with van der Waals surface area (Å²) in [5.74, 6) is -0.935. The number of carbonyl (C=O) groups is 1. The minimum absolute atomic E-state index is 0.436. The third-order valence-corrected chi connectivity index (χ3v) is 3.30. The Kier molecular flexibility index (Phi) is 6.81. The first-order valence-corrected chi connectivity index (χ1v) is 6.85. The summed E-state index contributed by atoms with van der Waals surface area (Å²) in [6.45, 7) is 5.88. The molecule has 4 nitrogen and oxygen atoms in total. The van der Waals surface area contributed by atoms with Crippen molar-refractivity contribution in [1.29, 1.82) is 0 Å². The van der Waals surface area contributed by atoms with E-state index in [0.29, 0.717) is 12.6 Å². The molecule has 1 atom stereocenters. The molecule has 20 heavy (non-hydrogen) atoms. The van der Waals surface area contributed by atoms with Crippen molar-refractivity contribution < 1.29 is 14.6 Å². The molecule has 0 amide bonds. The van der Waals surface area contributed by atoms with Crippen molar-refractivity contribution in [2.24, 2.45) is 0 Å². The Morgan fingerprint density at radius 1 is 1.40 bits per heavy atom. The normalized spacial score (nSPS) is 12.6. The van der Waals surface area contributed by atoms with Gasteiger partial charge in [0, 0.05) is 31.5 Å². The van der Waals surface area contributed by atoms with Gasteiger partial charge >= 0.3 is 5.97 Å². The van der Waals surface area contributed by atoms with Gasteiger partial charge in [0.15, 0.2) is 0 Å². The van der Waals surface area contributed by atoms with Crippen LogP contribution in [0.3, 0.4) is 0 Å². The Labute approximate surface area is 120 Å². The van der Waals surface area contributed by atoms with Crippen LogP contribution < -0.4 is 4.90 Å². The van der Waals surface area contributed by atoms with E-state index in [1.807, 2.05) is 24.3 Å².